The van der Waals surface area contributed by atoms with Crippen molar-refractivity contribution >= 4 is 23.0 Å². The van der Waals surface area contributed by atoms with E-state index >= 15 is 4.39 Å². The van der Waals surface area contributed by atoms with Gasteiger partial charge < -0.3 is 15.4 Å². The van der Waals surface area contributed by atoms with Gasteiger partial charge >= 0.3 is 0 Å². The van der Waals surface area contributed by atoms with E-state index in [4.69, 9.17) is 10.5 Å². The number of likely N-dealkylation sites (tertiary alicyclic amines) is 2. The van der Waals surface area contributed by atoms with Crippen LogP contribution in [0, 0.1) is 0 Å². The van der Waals surface area contributed by atoms with Crippen molar-refractivity contribution in [1.82, 2.24) is 34.3 Å². The fourth-order valence-corrected chi connectivity index (χ4v) is 4.98. The number of hydrogen-bond acceptors (Lipinski definition) is 8. The minimum atomic E-state index is -1.82. The molecule has 3 aromatic rings. The first-order valence-electron chi connectivity index (χ1n) is 11.6. The van der Waals surface area contributed by atoms with Crippen LogP contribution in [-0.4, -0.2) is 79.2 Å². The summed E-state index contributed by atoms with van der Waals surface area (Å²) in [5.41, 5.74) is 6.18. The number of fused-ring (bicyclic) bond motifs is 1. The first-order valence-corrected chi connectivity index (χ1v) is 11.6. The van der Waals surface area contributed by atoms with Crippen molar-refractivity contribution in [1.29, 1.82) is 0 Å². The first kappa shape index (κ1) is 22.5. The van der Waals surface area contributed by atoms with Crippen LogP contribution in [0.2, 0.25) is 0 Å². The Morgan fingerprint density at radius 3 is 2.56 bits per heavy atom. The third-order valence-corrected chi connectivity index (χ3v) is 6.88. The number of anilines is 1. The fourth-order valence-electron chi connectivity index (χ4n) is 4.98. The number of nitrogens with two attached hydrogens (primary N) is 1. The van der Waals surface area contributed by atoms with Crippen LogP contribution < -0.4 is 10.5 Å². The molecule has 2 saturated heterocycles. The number of aromatic nitrogens is 5. The second-order valence-corrected chi connectivity index (χ2v) is 9.03. The molecule has 3 aromatic heterocycles. The van der Waals surface area contributed by atoms with Gasteiger partial charge in [-0.05, 0) is 25.0 Å². The van der Waals surface area contributed by atoms with Crippen LogP contribution in [-0.2, 0) is 11.3 Å². The minimum absolute atomic E-state index is 0.0958. The summed E-state index contributed by atoms with van der Waals surface area (Å²) in [4.78, 5) is 33.9. The summed E-state index contributed by atoms with van der Waals surface area (Å²) in [6.45, 7) is 2.62. The number of amides is 1. The van der Waals surface area contributed by atoms with Gasteiger partial charge in [0.15, 0.2) is 11.3 Å². The summed E-state index contributed by atoms with van der Waals surface area (Å²) in [6.07, 6.45) is 6.87. The lowest BCUT2D eigenvalue weighted by Gasteiger charge is -2.40. The van der Waals surface area contributed by atoms with Gasteiger partial charge in [0.25, 0.3) is 11.9 Å². The van der Waals surface area contributed by atoms with Gasteiger partial charge in [-0.1, -0.05) is 0 Å². The number of imidazole rings is 1. The van der Waals surface area contributed by atoms with Crippen molar-refractivity contribution in [2.24, 2.45) is 0 Å². The van der Waals surface area contributed by atoms with Crippen molar-refractivity contribution < 1.29 is 13.9 Å². The van der Waals surface area contributed by atoms with Crippen LogP contribution >= 0.6 is 0 Å². The van der Waals surface area contributed by atoms with Gasteiger partial charge in [0.2, 0.25) is 5.95 Å². The van der Waals surface area contributed by atoms with E-state index in [-0.39, 0.29) is 30.7 Å². The summed E-state index contributed by atoms with van der Waals surface area (Å²) in [6, 6.07) is 4.35. The Balaban J connectivity index is 1.19. The van der Waals surface area contributed by atoms with Gasteiger partial charge in [-0.15, -0.1) is 0 Å². The first-order chi connectivity index (χ1) is 16.5. The maximum atomic E-state index is 15.7. The van der Waals surface area contributed by atoms with Gasteiger partial charge in [0.1, 0.15) is 5.52 Å². The molecule has 180 valence electrons. The summed E-state index contributed by atoms with van der Waals surface area (Å²) in [5.74, 6) is -0.155. The maximum Gasteiger partial charge on any atom is 0.298 e. The zero-order valence-electron chi connectivity index (χ0n) is 19.2. The molecule has 0 saturated carbocycles. The van der Waals surface area contributed by atoms with Gasteiger partial charge in [-0.3, -0.25) is 14.3 Å². The van der Waals surface area contributed by atoms with E-state index in [2.05, 4.69) is 24.8 Å². The zero-order chi connectivity index (χ0) is 23.7. The minimum Gasteiger partial charge on any atom is -0.468 e. The highest BCUT2D eigenvalue weighted by Gasteiger charge is 2.45. The van der Waals surface area contributed by atoms with Crippen LogP contribution in [0.4, 0.5) is 10.3 Å². The van der Waals surface area contributed by atoms with E-state index in [0.29, 0.717) is 51.6 Å². The molecular formula is C23H29FN8O2. The number of rotatable bonds is 5. The summed E-state index contributed by atoms with van der Waals surface area (Å²) in [7, 11) is 1.59. The molecule has 0 bridgehead atoms. The molecule has 0 aromatic carbocycles. The summed E-state index contributed by atoms with van der Waals surface area (Å²) < 4.78 is 23.2. The standard InChI is InChI=1S/C23H29FN8O2/c1-34-22-29-18-3-2-8-26-19(18)32(22)17-4-9-31(10-5-17)20(33)23(24)6-11-30(12-7-23)15-16-13-27-21(25)28-14-16/h2-3,8,13-14,17H,4-7,9-12,15H2,1H3,(H2,25,27,28). The van der Waals surface area contributed by atoms with Crippen molar-refractivity contribution in [3.8, 4) is 6.01 Å². The molecule has 0 unspecified atom stereocenters. The SMILES string of the molecule is COc1nc2cccnc2n1C1CCN(C(=O)C2(F)CCN(Cc3cnc(N)nc3)CC2)CC1. The molecule has 2 fully saturated rings. The maximum absolute atomic E-state index is 15.7. The molecule has 11 heteroatoms. The van der Waals surface area contributed by atoms with Crippen molar-refractivity contribution in [3.05, 3.63) is 36.3 Å². The Morgan fingerprint density at radius 2 is 1.88 bits per heavy atom. The molecule has 2 N–H and O–H groups in total. The molecular weight excluding hydrogens is 439 g/mol. The molecule has 10 nitrogen and oxygen atoms in total. The van der Waals surface area contributed by atoms with Crippen molar-refractivity contribution in [2.45, 2.75) is 43.9 Å². The number of carbonyl (C=O) groups is 1. The number of nitrogen functional groups attached to an aromatic ring is 1. The second-order valence-electron chi connectivity index (χ2n) is 9.03. The van der Waals surface area contributed by atoms with E-state index in [1.54, 1.807) is 30.6 Å². The van der Waals surface area contributed by atoms with E-state index in [1.807, 2.05) is 16.7 Å². The number of methoxy groups -OCH3 is 1. The zero-order valence-corrected chi connectivity index (χ0v) is 19.2. The Morgan fingerprint density at radius 1 is 1.18 bits per heavy atom. The normalized spacial score (nSPS) is 19.4. The molecule has 5 heterocycles. The lowest BCUT2D eigenvalue weighted by atomic mass is 9.90. The predicted octanol–water partition coefficient (Wildman–Crippen LogP) is 1.98. The Hall–Kier alpha value is -3.34. The summed E-state index contributed by atoms with van der Waals surface area (Å²) >= 11 is 0. The highest BCUT2D eigenvalue weighted by Crippen LogP contribution is 2.34. The molecule has 5 rings (SSSR count). The molecule has 1 amide bonds. The highest BCUT2D eigenvalue weighted by atomic mass is 19.1. The number of nitrogens with zero attached hydrogens (tertiary/aromatic N) is 7. The van der Waals surface area contributed by atoms with E-state index in [0.717, 1.165) is 16.7 Å². The topological polar surface area (TPSA) is 115 Å². The lowest BCUT2D eigenvalue weighted by molar-refractivity contribution is -0.148. The molecule has 34 heavy (non-hydrogen) atoms. The average molecular weight is 469 g/mol. The Labute approximate surface area is 197 Å². The molecule has 2 aliphatic rings. The highest BCUT2D eigenvalue weighted by molar-refractivity contribution is 5.85. The third-order valence-electron chi connectivity index (χ3n) is 6.88. The average Bonchev–Trinajstić information content (AvgIpc) is 3.25. The fraction of sp³-hybridized carbons (Fsp3) is 0.522. The lowest BCUT2D eigenvalue weighted by Crippen LogP contribution is -2.53. The van der Waals surface area contributed by atoms with E-state index in [1.165, 1.54) is 0 Å². The molecule has 0 spiro atoms. The number of hydrogen-bond donors (Lipinski definition) is 1. The summed E-state index contributed by atoms with van der Waals surface area (Å²) in [5, 5.41) is 0. The van der Waals surface area contributed by atoms with Crippen LogP contribution in [0.3, 0.4) is 0 Å². The number of pyridine rings is 1. The smallest absolute Gasteiger partial charge is 0.298 e. The van der Waals surface area contributed by atoms with Gasteiger partial charge in [0, 0.05) is 75.8 Å². The van der Waals surface area contributed by atoms with Crippen LogP contribution in [0.25, 0.3) is 11.2 Å². The van der Waals surface area contributed by atoms with Gasteiger partial charge in [-0.25, -0.2) is 19.3 Å². The number of halogens is 1. The Bertz CT molecular complexity index is 1150. The third kappa shape index (κ3) is 4.27. The van der Waals surface area contributed by atoms with E-state index < -0.39 is 5.67 Å². The quantitative estimate of drug-likeness (QED) is 0.604. The molecule has 0 radical (unpaired) electrons. The second kappa shape index (κ2) is 9.13. The number of carbonyl (C=O) groups excluding carboxylic acids is 1. The predicted molar refractivity (Wildman–Crippen MR) is 124 cm³/mol. The van der Waals surface area contributed by atoms with Gasteiger partial charge in [0.05, 0.1) is 7.11 Å². The Kier molecular flexibility index (Phi) is 6.03. The molecule has 0 aliphatic carbocycles. The van der Waals surface area contributed by atoms with Crippen LogP contribution in [0.15, 0.2) is 30.7 Å². The van der Waals surface area contributed by atoms with Crippen LogP contribution in [0.5, 0.6) is 6.01 Å². The monoisotopic (exact) mass is 468 g/mol. The molecule has 0 atom stereocenters. The van der Waals surface area contributed by atoms with E-state index in [9.17, 15) is 4.79 Å². The molecule has 2 aliphatic heterocycles. The largest absolute Gasteiger partial charge is 0.468 e. The number of ether oxygens (including phenoxy) is 1. The van der Waals surface area contributed by atoms with Crippen molar-refractivity contribution in [3.63, 3.8) is 0 Å². The van der Waals surface area contributed by atoms with Crippen LogP contribution in [0.1, 0.15) is 37.3 Å². The van der Waals surface area contributed by atoms with Gasteiger partial charge in [-0.2, -0.15) is 4.98 Å². The number of alkyl halides is 1. The number of piperidine rings is 2. The van der Waals surface area contributed by atoms with Crippen molar-refractivity contribution in [2.75, 3.05) is 39.0 Å².